The van der Waals surface area contributed by atoms with Crippen LogP contribution in [0.4, 0.5) is 20.6 Å². The molecule has 0 fully saturated rings. The molecule has 9 heteroatoms. The molecule has 3 N–H and O–H groups in total. The number of benzene rings is 3. The maximum absolute atomic E-state index is 13.1. The molecule has 2 amide bonds. The van der Waals surface area contributed by atoms with E-state index in [1.54, 1.807) is 53.6 Å². The lowest BCUT2D eigenvalue weighted by Crippen LogP contribution is -2.18. The van der Waals surface area contributed by atoms with Crippen LogP contribution >= 0.6 is 0 Å². The highest BCUT2D eigenvalue weighted by atomic mass is 19.1. The lowest BCUT2D eigenvalue weighted by atomic mass is 10.1. The van der Waals surface area contributed by atoms with Crippen LogP contribution in [0.2, 0.25) is 0 Å². The number of nitrogens with one attached hydrogen (secondary N) is 2. The van der Waals surface area contributed by atoms with Gasteiger partial charge in [-0.1, -0.05) is 24.0 Å². The second kappa shape index (κ2) is 10.8. The summed E-state index contributed by atoms with van der Waals surface area (Å²) in [6.45, 7) is 0. The minimum Gasteiger partial charge on any atom is -0.465 e. The number of carboxylic acid groups (broad SMARTS) is 1. The Morgan fingerprint density at radius 2 is 1.67 bits per heavy atom. The second-order valence-electron chi connectivity index (χ2n) is 7.62. The average Bonchev–Trinajstić information content (AvgIpc) is 3.40. The molecule has 0 saturated heterocycles. The van der Waals surface area contributed by atoms with E-state index in [-0.39, 0.29) is 17.2 Å². The van der Waals surface area contributed by atoms with Gasteiger partial charge in [-0.25, -0.2) is 14.2 Å². The predicted molar refractivity (Wildman–Crippen MR) is 132 cm³/mol. The van der Waals surface area contributed by atoms with Crippen molar-refractivity contribution in [3.8, 4) is 17.5 Å². The van der Waals surface area contributed by atoms with Gasteiger partial charge in [-0.15, -0.1) is 0 Å². The third-order valence-corrected chi connectivity index (χ3v) is 5.02. The van der Waals surface area contributed by atoms with Crippen LogP contribution in [0.15, 0.2) is 85.5 Å². The number of rotatable bonds is 6. The molecule has 0 spiro atoms. The van der Waals surface area contributed by atoms with Crippen LogP contribution in [0.3, 0.4) is 0 Å². The van der Waals surface area contributed by atoms with Gasteiger partial charge in [-0.3, -0.25) is 14.9 Å². The molecule has 0 aliphatic carbocycles. The Bertz CT molecular complexity index is 1490. The zero-order valence-electron chi connectivity index (χ0n) is 18.7. The SMILES string of the molecule is O=C(O)Nc1ccc(C#Cc2ccc(F)cc2)cc1NC(=O)CC(=O)c1cccc(-n2ccnc2)c1. The first-order valence-corrected chi connectivity index (χ1v) is 10.7. The number of nitrogens with zero attached hydrogens (tertiary/aromatic N) is 2. The number of amides is 2. The molecule has 0 aliphatic heterocycles. The minimum absolute atomic E-state index is 0.123. The zero-order chi connectivity index (χ0) is 25.5. The quantitative estimate of drug-likeness (QED) is 0.209. The molecule has 0 bridgehead atoms. The van der Waals surface area contributed by atoms with Crippen LogP contribution in [0, 0.1) is 17.7 Å². The molecule has 0 unspecified atom stereocenters. The highest BCUT2D eigenvalue weighted by Gasteiger charge is 2.15. The number of anilines is 2. The van der Waals surface area contributed by atoms with Gasteiger partial charge in [0.1, 0.15) is 5.82 Å². The summed E-state index contributed by atoms with van der Waals surface area (Å²) < 4.78 is 14.8. The minimum atomic E-state index is -1.32. The maximum Gasteiger partial charge on any atom is 0.409 e. The van der Waals surface area contributed by atoms with Crippen molar-refractivity contribution < 1.29 is 23.9 Å². The molecule has 8 nitrogen and oxygen atoms in total. The lowest BCUT2D eigenvalue weighted by molar-refractivity contribution is -0.115. The van der Waals surface area contributed by atoms with Gasteiger partial charge < -0.3 is 15.0 Å². The van der Waals surface area contributed by atoms with Crippen LogP contribution in [0.1, 0.15) is 27.9 Å². The Hall–Kier alpha value is -5.23. The van der Waals surface area contributed by atoms with Crippen molar-refractivity contribution >= 4 is 29.2 Å². The number of Topliss-reactive ketones (excluding diaryl/α,β-unsaturated/α-hetero) is 1. The second-order valence-corrected chi connectivity index (χ2v) is 7.62. The standard InChI is InChI=1S/C27H19FN4O4/c28-21-9-6-18(7-10-21)4-5-19-8-11-23(31-27(35)36)24(14-19)30-26(34)16-25(33)20-2-1-3-22(15-20)32-13-12-29-17-32/h1-3,6-15,17,31H,16H2,(H,30,34)(H,35,36). The van der Waals surface area contributed by atoms with E-state index in [0.717, 1.165) is 5.69 Å². The summed E-state index contributed by atoms with van der Waals surface area (Å²) in [7, 11) is 0. The van der Waals surface area contributed by atoms with Crippen molar-refractivity contribution in [2.75, 3.05) is 10.6 Å². The molecular weight excluding hydrogens is 463 g/mol. The number of halogens is 1. The summed E-state index contributed by atoms with van der Waals surface area (Å²) in [6, 6.07) is 16.9. The Kier molecular flexibility index (Phi) is 7.17. The van der Waals surface area contributed by atoms with Crippen molar-refractivity contribution in [1.29, 1.82) is 0 Å². The monoisotopic (exact) mass is 482 g/mol. The summed E-state index contributed by atoms with van der Waals surface area (Å²) in [4.78, 5) is 40.6. The Balaban J connectivity index is 1.51. The van der Waals surface area contributed by atoms with Crippen LogP contribution in [0.25, 0.3) is 5.69 Å². The number of hydrogen-bond acceptors (Lipinski definition) is 4. The van der Waals surface area contributed by atoms with Gasteiger partial charge in [-0.05, 0) is 54.6 Å². The topological polar surface area (TPSA) is 113 Å². The van der Waals surface area contributed by atoms with Crippen LogP contribution < -0.4 is 10.6 Å². The van der Waals surface area contributed by atoms with Gasteiger partial charge in [0.05, 0.1) is 24.1 Å². The number of imidazole rings is 1. The molecular formula is C27H19FN4O4. The van der Waals surface area contributed by atoms with Gasteiger partial charge >= 0.3 is 6.09 Å². The van der Waals surface area contributed by atoms with Crippen molar-refractivity contribution in [1.82, 2.24) is 9.55 Å². The average molecular weight is 482 g/mol. The molecule has 0 atom stereocenters. The van der Waals surface area contributed by atoms with Crippen molar-refractivity contribution in [2.45, 2.75) is 6.42 Å². The van der Waals surface area contributed by atoms with E-state index in [1.807, 2.05) is 0 Å². The summed E-state index contributed by atoms with van der Waals surface area (Å²) in [6.07, 6.45) is 3.18. The van der Waals surface area contributed by atoms with Gasteiger partial charge in [-0.2, -0.15) is 0 Å². The highest BCUT2D eigenvalue weighted by Crippen LogP contribution is 2.24. The van der Waals surface area contributed by atoms with E-state index >= 15 is 0 Å². The fourth-order valence-corrected chi connectivity index (χ4v) is 3.32. The number of carbonyl (C=O) groups excluding carboxylic acids is 2. The Morgan fingerprint density at radius 1 is 0.917 bits per heavy atom. The molecule has 0 aliphatic rings. The first kappa shape index (κ1) is 23.9. The van der Waals surface area contributed by atoms with Crippen molar-refractivity contribution in [3.05, 3.63) is 108 Å². The largest absolute Gasteiger partial charge is 0.465 e. The fraction of sp³-hybridized carbons (Fsp3) is 0.0370. The Morgan fingerprint density at radius 3 is 2.39 bits per heavy atom. The highest BCUT2D eigenvalue weighted by molar-refractivity contribution is 6.12. The first-order chi connectivity index (χ1) is 17.4. The van der Waals surface area contributed by atoms with E-state index in [2.05, 4.69) is 27.5 Å². The molecule has 3 aromatic carbocycles. The van der Waals surface area contributed by atoms with E-state index in [9.17, 15) is 18.8 Å². The maximum atomic E-state index is 13.1. The number of carbonyl (C=O) groups is 3. The van der Waals surface area contributed by atoms with Crippen molar-refractivity contribution in [3.63, 3.8) is 0 Å². The molecule has 0 radical (unpaired) electrons. The predicted octanol–water partition coefficient (Wildman–Crippen LogP) is 4.71. The third-order valence-electron chi connectivity index (χ3n) is 5.02. The zero-order valence-corrected chi connectivity index (χ0v) is 18.7. The first-order valence-electron chi connectivity index (χ1n) is 10.7. The van der Waals surface area contributed by atoms with Gasteiger partial charge in [0, 0.05) is 34.8 Å². The third kappa shape index (κ3) is 6.21. The van der Waals surface area contributed by atoms with Gasteiger partial charge in [0.15, 0.2) is 5.78 Å². The van der Waals surface area contributed by atoms with Crippen LogP contribution in [-0.2, 0) is 4.79 Å². The van der Waals surface area contributed by atoms with E-state index in [1.165, 1.54) is 36.4 Å². The van der Waals surface area contributed by atoms with Gasteiger partial charge in [0.2, 0.25) is 5.91 Å². The number of ketones is 1. The fourth-order valence-electron chi connectivity index (χ4n) is 3.32. The normalized spacial score (nSPS) is 10.1. The Labute approximate surface area is 205 Å². The summed E-state index contributed by atoms with van der Waals surface area (Å²) in [5.41, 5.74) is 2.40. The summed E-state index contributed by atoms with van der Waals surface area (Å²) >= 11 is 0. The number of hydrogen-bond donors (Lipinski definition) is 3. The summed E-state index contributed by atoms with van der Waals surface area (Å²) in [5.74, 6) is 4.35. The van der Waals surface area contributed by atoms with Crippen LogP contribution in [-0.4, -0.2) is 32.4 Å². The lowest BCUT2D eigenvalue weighted by Gasteiger charge is -2.12. The van der Waals surface area contributed by atoms with Crippen molar-refractivity contribution in [2.24, 2.45) is 0 Å². The van der Waals surface area contributed by atoms with E-state index in [4.69, 9.17) is 5.11 Å². The number of aromatic nitrogens is 2. The molecule has 0 saturated carbocycles. The molecule has 4 aromatic rings. The van der Waals surface area contributed by atoms with Crippen LogP contribution in [0.5, 0.6) is 0 Å². The molecule has 1 aromatic heterocycles. The molecule has 4 rings (SSSR count). The van der Waals surface area contributed by atoms with E-state index in [0.29, 0.717) is 16.7 Å². The molecule has 1 heterocycles. The smallest absolute Gasteiger partial charge is 0.409 e. The molecule has 178 valence electrons. The van der Waals surface area contributed by atoms with E-state index < -0.39 is 24.2 Å². The summed E-state index contributed by atoms with van der Waals surface area (Å²) in [5, 5.41) is 13.9. The molecule has 36 heavy (non-hydrogen) atoms. The van der Waals surface area contributed by atoms with Gasteiger partial charge in [0.25, 0.3) is 0 Å².